The number of rotatable bonds is 4. The number of nitro groups is 1. The highest BCUT2D eigenvalue weighted by molar-refractivity contribution is 6.01. The van der Waals surface area contributed by atoms with E-state index in [4.69, 9.17) is 0 Å². The smallest absolute Gasteiger partial charge is 0.267 e. The van der Waals surface area contributed by atoms with Gasteiger partial charge in [-0.2, -0.15) is 5.10 Å². The molecule has 0 aromatic heterocycles. The summed E-state index contributed by atoms with van der Waals surface area (Å²) in [4.78, 5) is 22.1. The molecule has 6 heteroatoms. The number of nitro benzene ring substituents is 1. The predicted molar refractivity (Wildman–Crippen MR) is 88.7 cm³/mol. The zero-order valence-electron chi connectivity index (χ0n) is 13.2. The Morgan fingerprint density at radius 2 is 1.78 bits per heavy atom. The number of hydrogen-bond donors (Lipinski definition) is 1. The molecule has 118 valence electrons. The van der Waals surface area contributed by atoms with Crippen molar-refractivity contribution in [3.05, 3.63) is 74.8 Å². The molecular weight excluding hydrogens is 294 g/mol. The maximum absolute atomic E-state index is 12.0. The first-order valence-corrected chi connectivity index (χ1v) is 7.05. The first kappa shape index (κ1) is 16.4. The van der Waals surface area contributed by atoms with Crippen LogP contribution in [0.2, 0.25) is 0 Å². The third-order valence-corrected chi connectivity index (χ3v) is 3.44. The monoisotopic (exact) mass is 311 g/mol. The van der Waals surface area contributed by atoms with E-state index >= 15 is 0 Å². The number of carbonyl (C=O) groups excluding carboxylic acids is 1. The van der Waals surface area contributed by atoms with Crippen LogP contribution in [-0.2, 0) is 0 Å². The number of hydrazone groups is 1. The molecule has 2 aromatic rings. The maximum Gasteiger partial charge on any atom is 0.271 e. The topological polar surface area (TPSA) is 84.6 Å². The normalized spacial score (nSPS) is 11.2. The van der Waals surface area contributed by atoms with E-state index in [1.54, 1.807) is 0 Å². The van der Waals surface area contributed by atoms with Gasteiger partial charge in [0.25, 0.3) is 11.6 Å². The van der Waals surface area contributed by atoms with E-state index in [9.17, 15) is 14.9 Å². The van der Waals surface area contributed by atoms with Crippen LogP contribution in [0.15, 0.2) is 47.6 Å². The van der Waals surface area contributed by atoms with Gasteiger partial charge in [0.05, 0.1) is 10.6 Å². The Kier molecular flexibility index (Phi) is 4.85. The second-order valence-electron chi connectivity index (χ2n) is 5.26. The lowest BCUT2D eigenvalue weighted by atomic mass is 10.0. The summed E-state index contributed by atoms with van der Waals surface area (Å²) in [5.41, 5.74) is 6.61. The van der Waals surface area contributed by atoms with Crippen molar-refractivity contribution in [1.82, 2.24) is 5.43 Å². The molecule has 0 aliphatic carbocycles. The molecule has 0 spiro atoms. The van der Waals surface area contributed by atoms with Gasteiger partial charge < -0.3 is 0 Å². The minimum Gasteiger partial charge on any atom is -0.267 e. The molecule has 0 unspecified atom stereocenters. The van der Waals surface area contributed by atoms with Crippen LogP contribution in [0.5, 0.6) is 0 Å². The van der Waals surface area contributed by atoms with Crippen LogP contribution < -0.4 is 5.43 Å². The lowest BCUT2D eigenvalue weighted by Crippen LogP contribution is -2.19. The molecule has 0 bridgehead atoms. The molecule has 6 nitrogen and oxygen atoms in total. The van der Waals surface area contributed by atoms with E-state index in [2.05, 4.69) is 10.5 Å². The van der Waals surface area contributed by atoms with Crippen molar-refractivity contribution in [1.29, 1.82) is 0 Å². The molecule has 2 rings (SSSR count). The van der Waals surface area contributed by atoms with Gasteiger partial charge in [-0.25, -0.2) is 5.43 Å². The van der Waals surface area contributed by atoms with Crippen LogP contribution in [0, 0.1) is 24.0 Å². The Hall–Kier alpha value is -3.02. The lowest BCUT2D eigenvalue weighted by Gasteiger charge is -2.07. The summed E-state index contributed by atoms with van der Waals surface area (Å²) in [6.07, 6.45) is 0. The average Bonchev–Trinajstić information content (AvgIpc) is 2.52. The van der Waals surface area contributed by atoms with Gasteiger partial charge in [0.1, 0.15) is 0 Å². The summed E-state index contributed by atoms with van der Waals surface area (Å²) in [5, 5.41) is 14.7. The molecule has 2 aromatic carbocycles. The Morgan fingerprint density at radius 3 is 2.35 bits per heavy atom. The van der Waals surface area contributed by atoms with Gasteiger partial charge in [-0.1, -0.05) is 23.8 Å². The molecule has 0 fully saturated rings. The molecule has 0 radical (unpaired) electrons. The third kappa shape index (κ3) is 4.00. The highest BCUT2D eigenvalue weighted by Crippen LogP contribution is 2.13. The van der Waals surface area contributed by atoms with Gasteiger partial charge in [-0.15, -0.1) is 0 Å². The van der Waals surface area contributed by atoms with Gasteiger partial charge in [0.15, 0.2) is 0 Å². The van der Waals surface area contributed by atoms with Crippen LogP contribution in [0.1, 0.15) is 34.0 Å². The number of nitrogens with zero attached hydrogens (tertiary/aromatic N) is 2. The fourth-order valence-corrected chi connectivity index (χ4v) is 2.21. The van der Waals surface area contributed by atoms with E-state index < -0.39 is 10.8 Å². The molecular formula is C17H17N3O3. The third-order valence-electron chi connectivity index (χ3n) is 3.44. The summed E-state index contributed by atoms with van der Waals surface area (Å²) in [7, 11) is 0. The van der Waals surface area contributed by atoms with Crippen molar-refractivity contribution < 1.29 is 9.72 Å². The van der Waals surface area contributed by atoms with Gasteiger partial charge in [0, 0.05) is 23.3 Å². The van der Waals surface area contributed by atoms with E-state index in [-0.39, 0.29) is 5.69 Å². The van der Waals surface area contributed by atoms with Crippen molar-refractivity contribution in [3.63, 3.8) is 0 Å². The number of benzene rings is 2. The standard InChI is InChI=1S/C17H17N3O3/c1-11-4-9-16(12(2)10-11)13(3)18-19-17(21)14-5-7-15(8-6-14)20(22)23/h4-10H,1-3H3,(H,19,21). The molecule has 23 heavy (non-hydrogen) atoms. The zero-order chi connectivity index (χ0) is 17.0. The number of nitrogens with one attached hydrogen (secondary N) is 1. The highest BCUT2D eigenvalue weighted by atomic mass is 16.6. The van der Waals surface area contributed by atoms with Gasteiger partial charge in [0.2, 0.25) is 0 Å². The zero-order valence-corrected chi connectivity index (χ0v) is 13.2. The summed E-state index contributed by atoms with van der Waals surface area (Å²) in [6.45, 7) is 5.81. The highest BCUT2D eigenvalue weighted by Gasteiger charge is 2.09. The van der Waals surface area contributed by atoms with Crippen LogP contribution in [-0.4, -0.2) is 16.5 Å². The molecule has 0 saturated heterocycles. The van der Waals surface area contributed by atoms with Crippen LogP contribution in [0.4, 0.5) is 5.69 Å². The first-order chi connectivity index (χ1) is 10.9. The number of hydrogen-bond acceptors (Lipinski definition) is 4. The molecule has 0 saturated carbocycles. The number of amides is 1. The van der Waals surface area contributed by atoms with E-state index in [0.717, 1.165) is 16.7 Å². The summed E-state index contributed by atoms with van der Waals surface area (Å²) in [6, 6.07) is 11.4. The summed E-state index contributed by atoms with van der Waals surface area (Å²) in [5.74, 6) is -0.413. The van der Waals surface area contributed by atoms with E-state index in [0.29, 0.717) is 11.3 Å². The van der Waals surface area contributed by atoms with Crippen LogP contribution >= 0.6 is 0 Å². The fourth-order valence-electron chi connectivity index (χ4n) is 2.21. The van der Waals surface area contributed by atoms with Crippen molar-refractivity contribution in [2.75, 3.05) is 0 Å². The van der Waals surface area contributed by atoms with Crippen molar-refractivity contribution in [3.8, 4) is 0 Å². The second-order valence-corrected chi connectivity index (χ2v) is 5.26. The Labute approximate surface area is 134 Å². The average molecular weight is 311 g/mol. The summed E-state index contributed by atoms with van der Waals surface area (Å²) < 4.78 is 0. The quantitative estimate of drug-likeness (QED) is 0.533. The minimum absolute atomic E-state index is 0.0588. The Morgan fingerprint density at radius 1 is 1.13 bits per heavy atom. The maximum atomic E-state index is 12.0. The van der Waals surface area contributed by atoms with E-state index in [1.807, 2.05) is 39.0 Å². The second kappa shape index (κ2) is 6.83. The van der Waals surface area contributed by atoms with E-state index in [1.165, 1.54) is 24.3 Å². The molecule has 1 amide bonds. The molecule has 0 aliphatic rings. The Bertz CT molecular complexity index is 780. The fraction of sp³-hybridized carbons (Fsp3) is 0.176. The molecule has 0 aliphatic heterocycles. The van der Waals surface area contributed by atoms with Crippen LogP contribution in [0.25, 0.3) is 0 Å². The van der Waals surface area contributed by atoms with Crippen molar-refractivity contribution in [2.24, 2.45) is 5.10 Å². The summed E-state index contributed by atoms with van der Waals surface area (Å²) >= 11 is 0. The number of aryl methyl sites for hydroxylation is 2. The SMILES string of the molecule is CC(=NNC(=O)c1ccc([N+](=O)[O-])cc1)c1ccc(C)cc1C. The molecule has 0 heterocycles. The lowest BCUT2D eigenvalue weighted by molar-refractivity contribution is -0.384. The largest absolute Gasteiger partial charge is 0.271 e. The van der Waals surface area contributed by atoms with Crippen LogP contribution in [0.3, 0.4) is 0 Å². The molecule has 1 N–H and O–H groups in total. The van der Waals surface area contributed by atoms with Gasteiger partial charge in [-0.05, 0) is 38.5 Å². The predicted octanol–water partition coefficient (Wildman–Crippen LogP) is 3.37. The minimum atomic E-state index is -0.510. The van der Waals surface area contributed by atoms with Gasteiger partial charge in [-0.3, -0.25) is 14.9 Å². The first-order valence-electron chi connectivity index (χ1n) is 7.05. The van der Waals surface area contributed by atoms with Crippen molar-refractivity contribution in [2.45, 2.75) is 20.8 Å². The molecule has 0 atom stereocenters. The number of carbonyl (C=O) groups is 1. The van der Waals surface area contributed by atoms with Crippen molar-refractivity contribution >= 4 is 17.3 Å². The van der Waals surface area contributed by atoms with Gasteiger partial charge >= 0.3 is 0 Å². The number of non-ortho nitro benzene ring substituents is 1. The Balaban J connectivity index is 2.12.